The molecular weight excluding hydrogens is 376 g/mol. The summed E-state index contributed by atoms with van der Waals surface area (Å²) in [6.07, 6.45) is 3.53. The van der Waals surface area contributed by atoms with Crippen molar-refractivity contribution < 1.29 is 0 Å². The molecule has 0 aliphatic heterocycles. The average molecular weight is 391 g/mol. The highest BCUT2D eigenvalue weighted by Crippen LogP contribution is 2.29. The molecule has 5 heteroatoms. The second kappa shape index (κ2) is 6.61. The predicted octanol–water partition coefficient (Wildman–Crippen LogP) is 5.07. The van der Waals surface area contributed by atoms with Gasteiger partial charge in [0, 0.05) is 33.7 Å². The van der Waals surface area contributed by atoms with Crippen molar-refractivity contribution in [2.45, 2.75) is 6.92 Å². The number of benzene rings is 2. The van der Waals surface area contributed by atoms with E-state index in [0.717, 1.165) is 32.9 Å². The lowest BCUT2D eigenvalue weighted by Crippen LogP contribution is -2.00. The molecule has 4 nitrogen and oxygen atoms in total. The molecule has 0 fully saturated rings. The molecule has 0 radical (unpaired) electrons. The van der Waals surface area contributed by atoms with Crippen molar-refractivity contribution in [1.29, 1.82) is 0 Å². The standard InChI is InChI=1S/C20H15BrN4/c1-14-2-8-18(9-3-14)25-19(15-4-6-17(21)7-5-15)23-24-20(25)16-10-12-22-13-11-16/h2-13H,1H3. The first-order valence-corrected chi connectivity index (χ1v) is 8.70. The van der Waals surface area contributed by atoms with Crippen molar-refractivity contribution in [3.05, 3.63) is 83.1 Å². The van der Waals surface area contributed by atoms with E-state index in [1.165, 1.54) is 5.56 Å². The Morgan fingerprint density at radius 3 is 1.88 bits per heavy atom. The van der Waals surface area contributed by atoms with E-state index < -0.39 is 0 Å². The summed E-state index contributed by atoms with van der Waals surface area (Å²) in [5.41, 5.74) is 4.23. The van der Waals surface area contributed by atoms with Crippen LogP contribution < -0.4 is 0 Å². The van der Waals surface area contributed by atoms with Crippen molar-refractivity contribution >= 4 is 15.9 Å². The average Bonchev–Trinajstić information content (AvgIpc) is 3.09. The van der Waals surface area contributed by atoms with Crippen molar-refractivity contribution in [1.82, 2.24) is 19.7 Å². The molecule has 2 aromatic carbocycles. The third kappa shape index (κ3) is 3.10. The van der Waals surface area contributed by atoms with E-state index in [1.807, 2.05) is 36.4 Å². The molecule has 122 valence electrons. The number of hydrogen-bond donors (Lipinski definition) is 0. The zero-order chi connectivity index (χ0) is 17.2. The Morgan fingerprint density at radius 1 is 0.720 bits per heavy atom. The number of halogens is 1. The summed E-state index contributed by atoms with van der Waals surface area (Å²) in [5.74, 6) is 1.60. The van der Waals surface area contributed by atoms with Gasteiger partial charge in [0.2, 0.25) is 0 Å². The van der Waals surface area contributed by atoms with Crippen LogP contribution in [0.2, 0.25) is 0 Å². The highest BCUT2D eigenvalue weighted by molar-refractivity contribution is 9.10. The fourth-order valence-electron chi connectivity index (χ4n) is 2.70. The zero-order valence-corrected chi connectivity index (χ0v) is 15.2. The van der Waals surface area contributed by atoms with E-state index in [4.69, 9.17) is 0 Å². The maximum atomic E-state index is 4.47. The van der Waals surface area contributed by atoms with Crippen LogP contribution in [0.5, 0.6) is 0 Å². The van der Waals surface area contributed by atoms with Crippen molar-refractivity contribution in [3.63, 3.8) is 0 Å². The fourth-order valence-corrected chi connectivity index (χ4v) is 2.96. The number of aryl methyl sites for hydroxylation is 1. The Morgan fingerprint density at radius 2 is 1.28 bits per heavy atom. The quantitative estimate of drug-likeness (QED) is 0.490. The summed E-state index contributed by atoms with van der Waals surface area (Å²) < 4.78 is 3.12. The lowest BCUT2D eigenvalue weighted by Gasteiger charge is -2.11. The van der Waals surface area contributed by atoms with Gasteiger partial charge < -0.3 is 0 Å². The van der Waals surface area contributed by atoms with Crippen LogP contribution in [0.3, 0.4) is 0 Å². The molecule has 0 N–H and O–H groups in total. The number of pyridine rings is 1. The van der Waals surface area contributed by atoms with Crippen molar-refractivity contribution in [3.8, 4) is 28.5 Å². The van der Waals surface area contributed by atoms with Gasteiger partial charge in [-0.2, -0.15) is 0 Å². The first-order chi connectivity index (χ1) is 12.2. The van der Waals surface area contributed by atoms with Crippen LogP contribution >= 0.6 is 15.9 Å². The zero-order valence-electron chi connectivity index (χ0n) is 13.6. The Labute approximate surface area is 154 Å². The van der Waals surface area contributed by atoms with Gasteiger partial charge in [-0.25, -0.2) is 0 Å². The minimum atomic E-state index is 0.796. The highest BCUT2D eigenvalue weighted by atomic mass is 79.9. The second-order valence-electron chi connectivity index (χ2n) is 5.76. The molecule has 0 unspecified atom stereocenters. The first-order valence-electron chi connectivity index (χ1n) is 7.91. The number of rotatable bonds is 3. The summed E-state index contributed by atoms with van der Waals surface area (Å²) in [7, 11) is 0. The predicted molar refractivity (Wildman–Crippen MR) is 102 cm³/mol. The van der Waals surface area contributed by atoms with Gasteiger partial charge in [-0.15, -0.1) is 10.2 Å². The topological polar surface area (TPSA) is 43.6 Å². The molecule has 4 aromatic rings. The van der Waals surface area contributed by atoms with E-state index in [0.29, 0.717) is 0 Å². The van der Waals surface area contributed by atoms with Gasteiger partial charge in [0.25, 0.3) is 0 Å². The minimum absolute atomic E-state index is 0.796. The summed E-state index contributed by atoms with van der Waals surface area (Å²) in [5, 5.41) is 8.93. The Kier molecular flexibility index (Phi) is 4.15. The van der Waals surface area contributed by atoms with Gasteiger partial charge in [-0.1, -0.05) is 45.8 Å². The van der Waals surface area contributed by atoms with E-state index >= 15 is 0 Å². The molecule has 25 heavy (non-hydrogen) atoms. The summed E-state index contributed by atoms with van der Waals surface area (Å²) in [6, 6.07) is 20.3. The number of hydrogen-bond acceptors (Lipinski definition) is 3. The van der Waals surface area contributed by atoms with Gasteiger partial charge in [-0.05, 0) is 43.3 Å². The smallest absolute Gasteiger partial charge is 0.168 e. The van der Waals surface area contributed by atoms with Crippen molar-refractivity contribution in [2.24, 2.45) is 0 Å². The number of nitrogens with zero attached hydrogens (tertiary/aromatic N) is 4. The summed E-state index contributed by atoms with van der Waals surface area (Å²) >= 11 is 3.48. The van der Waals surface area contributed by atoms with Crippen LogP contribution in [0.15, 0.2) is 77.5 Å². The third-order valence-electron chi connectivity index (χ3n) is 4.00. The molecule has 0 spiro atoms. The second-order valence-corrected chi connectivity index (χ2v) is 6.68. The highest BCUT2D eigenvalue weighted by Gasteiger charge is 2.17. The van der Waals surface area contributed by atoms with Crippen molar-refractivity contribution in [2.75, 3.05) is 0 Å². The molecule has 2 aromatic heterocycles. The van der Waals surface area contributed by atoms with Crippen LogP contribution in [-0.4, -0.2) is 19.7 Å². The van der Waals surface area contributed by atoms with Gasteiger partial charge in [-0.3, -0.25) is 9.55 Å². The normalized spacial score (nSPS) is 10.8. The molecule has 0 atom stereocenters. The van der Waals surface area contributed by atoms with Crippen LogP contribution in [0.1, 0.15) is 5.56 Å². The fraction of sp³-hybridized carbons (Fsp3) is 0.0500. The molecule has 0 amide bonds. The number of aromatic nitrogens is 4. The molecule has 0 aliphatic rings. The van der Waals surface area contributed by atoms with Crippen LogP contribution in [0.4, 0.5) is 0 Å². The lowest BCUT2D eigenvalue weighted by atomic mass is 10.1. The Balaban J connectivity index is 1.94. The largest absolute Gasteiger partial charge is 0.275 e. The molecule has 0 saturated carbocycles. The van der Waals surface area contributed by atoms with E-state index in [-0.39, 0.29) is 0 Å². The van der Waals surface area contributed by atoms with Crippen LogP contribution in [-0.2, 0) is 0 Å². The molecule has 0 aliphatic carbocycles. The van der Waals surface area contributed by atoms with E-state index in [9.17, 15) is 0 Å². The van der Waals surface area contributed by atoms with Gasteiger partial charge >= 0.3 is 0 Å². The molecular formula is C20H15BrN4. The van der Waals surface area contributed by atoms with Gasteiger partial charge in [0.05, 0.1) is 0 Å². The Bertz CT molecular complexity index is 990. The molecule has 2 heterocycles. The SMILES string of the molecule is Cc1ccc(-n2c(-c3ccncc3)nnc2-c2ccc(Br)cc2)cc1. The Hall–Kier alpha value is -2.79. The summed E-state index contributed by atoms with van der Waals surface area (Å²) in [6.45, 7) is 2.08. The maximum absolute atomic E-state index is 4.47. The van der Waals surface area contributed by atoms with Gasteiger partial charge in [0.1, 0.15) is 0 Å². The molecule has 4 rings (SSSR count). The monoisotopic (exact) mass is 390 g/mol. The van der Waals surface area contributed by atoms with Gasteiger partial charge in [0.15, 0.2) is 11.6 Å². The molecule has 0 saturated heterocycles. The summed E-state index contributed by atoms with van der Waals surface area (Å²) in [4.78, 5) is 4.10. The van der Waals surface area contributed by atoms with Crippen LogP contribution in [0.25, 0.3) is 28.5 Å². The third-order valence-corrected chi connectivity index (χ3v) is 4.52. The first kappa shape index (κ1) is 15.7. The van der Waals surface area contributed by atoms with E-state index in [2.05, 4.69) is 66.9 Å². The molecule has 0 bridgehead atoms. The minimum Gasteiger partial charge on any atom is -0.275 e. The lowest BCUT2D eigenvalue weighted by molar-refractivity contribution is 1.07. The maximum Gasteiger partial charge on any atom is 0.168 e. The van der Waals surface area contributed by atoms with E-state index in [1.54, 1.807) is 12.4 Å². The van der Waals surface area contributed by atoms with Crippen LogP contribution in [0, 0.1) is 6.92 Å².